The van der Waals surface area contributed by atoms with Gasteiger partial charge in [-0.25, -0.2) is 0 Å². The fourth-order valence-electron chi connectivity index (χ4n) is 1.37. The van der Waals surface area contributed by atoms with Gasteiger partial charge in [0, 0.05) is 0 Å². The third kappa shape index (κ3) is 4.31. The zero-order valence-electron chi connectivity index (χ0n) is 8.91. The van der Waals surface area contributed by atoms with Crippen LogP contribution in [0.2, 0.25) is 0 Å². The summed E-state index contributed by atoms with van der Waals surface area (Å²) in [4.78, 5) is 0. The Bertz CT molecular complexity index is 230. The van der Waals surface area contributed by atoms with Gasteiger partial charge < -0.3 is 4.74 Å². The predicted molar refractivity (Wildman–Crippen MR) is 60.4 cm³/mol. The van der Waals surface area contributed by atoms with Gasteiger partial charge in [-0.3, -0.25) is 0 Å². The van der Waals surface area contributed by atoms with Crippen molar-refractivity contribution in [2.24, 2.45) is 0 Å². The second-order valence-corrected chi connectivity index (χ2v) is 3.55. The van der Waals surface area contributed by atoms with Crippen molar-refractivity contribution in [1.29, 1.82) is 0 Å². The number of unbranched alkanes of at least 4 members (excludes halogenated alkanes) is 2. The maximum Gasteiger partial charge on any atom is 0.119 e. The monoisotopic (exact) mass is 191 g/mol. The topological polar surface area (TPSA) is 9.23 Å². The lowest BCUT2D eigenvalue weighted by molar-refractivity contribution is 0.231. The van der Waals surface area contributed by atoms with Crippen LogP contribution in [0.4, 0.5) is 0 Å². The van der Waals surface area contributed by atoms with Gasteiger partial charge in [0.25, 0.3) is 0 Å². The van der Waals surface area contributed by atoms with Crippen LogP contribution in [0, 0.1) is 6.92 Å². The molecule has 1 heteroatoms. The molecule has 0 amide bonds. The molecular weight excluding hydrogens is 172 g/mol. The van der Waals surface area contributed by atoms with Gasteiger partial charge >= 0.3 is 0 Å². The van der Waals surface area contributed by atoms with E-state index in [1.807, 2.05) is 30.3 Å². The van der Waals surface area contributed by atoms with Crippen molar-refractivity contribution in [2.45, 2.75) is 38.7 Å². The molecule has 0 aromatic heterocycles. The van der Waals surface area contributed by atoms with Crippen molar-refractivity contribution in [2.75, 3.05) is 0 Å². The van der Waals surface area contributed by atoms with Crippen LogP contribution in [-0.4, -0.2) is 6.10 Å². The first-order valence-electron chi connectivity index (χ1n) is 5.37. The molecule has 0 saturated carbocycles. The molecule has 0 aliphatic heterocycles. The summed E-state index contributed by atoms with van der Waals surface area (Å²) in [6.07, 6.45) is 4.85. The summed E-state index contributed by atoms with van der Waals surface area (Å²) in [5.41, 5.74) is 0. The Morgan fingerprint density at radius 1 is 1.21 bits per heavy atom. The molecule has 0 heterocycles. The second kappa shape index (κ2) is 6.47. The minimum atomic E-state index is 0.0870. The molecule has 1 atom stereocenters. The normalized spacial score (nSPS) is 12.4. The average Bonchev–Trinajstić information content (AvgIpc) is 2.20. The average molecular weight is 191 g/mol. The lowest BCUT2D eigenvalue weighted by atomic mass is 10.1. The third-order valence-corrected chi connectivity index (χ3v) is 2.18. The number of hydrogen-bond donors (Lipinski definition) is 0. The largest absolute Gasteiger partial charge is 0.490 e. The molecule has 1 rings (SSSR count). The van der Waals surface area contributed by atoms with Gasteiger partial charge in [-0.15, -0.1) is 0 Å². The van der Waals surface area contributed by atoms with Crippen molar-refractivity contribution < 1.29 is 4.74 Å². The number of benzene rings is 1. The summed E-state index contributed by atoms with van der Waals surface area (Å²) >= 11 is 0. The van der Waals surface area contributed by atoms with Crippen LogP contribution < -0.4 is 4.74 Å². The van der Waals surface area contributed by atoms with Gasteiger partial charge in [0.05, 0.1) is 6.10 Å². The minimum absolute atomic E-state index is 0.0870. The van der Waals surface area contributed by atoms with Gasteiger partial charge in [-0.2, -0.15) is 0 Å². The molecule has 0 aliphatic rings. The molecule has 77 valence electrons. The molecule has 0 fully saturated rings. The highest BCUT2D eigenvalue weighted by atomic mass is 16.5. The fourth-order valence-corrected chi connectivity index (χ4v) is 1.37. The van der Waals surface area contributed by atoms with Crippen LogP contribution >= 0.6 is 0 Å². The summed E-state index contributed by atoms with van der Waals surface area (Å²) < 4.78 is 5.65. The molecule has 0 spiro atoms. The predicted octanol–water partition coefficient (Wildman–Crippen LogP) is 3.85. The van der Waals surface area contributed by atoms with Gasteiger partial charge in [0.15, 0.2) is 0 Å². The Balaban J connectivity index is 2.23. The first-order chi connectivity index (χ1) is 6.83. The summed E-state index contributed by atoms with van der Waals surface area (Å²) in [6.45, 7) is 6.19. The molecule has 0 bridgehead atoms. The Hall–Kier alpha value is -0.980. The Morgan fingerprint density at radius 3 is 2.57 bits per heavy atom. The van der Waals surface area contributed by atoms with Crippen molar-refractivity contribution in [1.82, 2.24) is 0 Å². The molecule has 1 unspecified atom stereocenters. The lowest BCUT2D eigenvalue weighted by Crippen LogP contribution is -2.11. The Morgan fingerprint density at radius 2 is 1.93 bits per heavy atom. The van der Waals surface area contributed by atoms with E-state index in [9.17, 15) is 0 Å². The first-order valence-corrected chi connectivity index (χ1v) is 5.37. The lowest BCUT2D eigenvalue weighted by Gasteiger charge is -2.13. The highest BCUT2D eigenvalue weighted by Crippen LogP contribution is 2.13. The van der Waals surface area contributed by atoms with Crippen LogP contribution in [0.15, 0.2) is 30.3 Å². The van der Waals surface area contributed by atoms with Crippen molar-refractivity contribution in [3.63, 3.8) is 0 Å². The number of ether oxygens (including phenoxy) is 1. The maximum absolute atomic E-state index is 5.65. The van der Waals surface area contributed by atoms with Crippen LogP contribution in [-0.2, 0) is 0 Å². The zero-order chi connectivity index (χ0) is 10.2. The van der Waals surface area contributed by atoms with Gasteiger partial charge in [0.1, 0.15) is 5.75 Å². The Kier molecular flexibility index (Phi) is 5.13. The minimum Gasteiger partial charge on any atom is -0.490 e. The van der Waals surface area contributed by atoms with E-state index in [0.717, 1.165) is 12.2 Å². The van der Waals surface area contributed by atoms with Crippen molar-refractivity contribution >= 4 is 0 Å². The SMILES string of the molecule is [CH2]C(CCCCC)Oc1ccccc1. The van der Waals surface area contributed by atoms with Gasteiger partial charge in [0.2, 0.25) is 0 Å². The van der Waals surface area contributed by atoms with Crippen LogP contribution in [0.5, 0.6) is 5.75 Å². The summed E-state index contributed by atoms with van der Waals surface area (Å²) in [5.74, 6) is 0.920. The van der Waals surface area contributed by atoms with Gasteiger partial charge in [-0.05, 0) is 31.9 Å². The molecule has 0 saturated heterocycles. The maximum atomic E-state index is 5.65. The number of para-hydroxylation sites is 1. The van der Waals surface area contributed by atoms with Crippen LogP contribution in [0.1, 0.15) is 32.6 Å². The smallest absolute Gasteiger partial charge is 0.119 e. The molecule has 1 nitrogen and oxygen atoms in total. The molecule has 0 aliphatic carbocycles. The van der Waals surface area contributed by atoms with Crippen LogP contribution in [0.3, 0.4) is 0 Å². The van der Waals surface area contributed by atoms with E-state index < -0.39 is 0 Å². The molecule has 1 radical (unpaired) electrons. The number of rotatable bonds is 6. The standard InChI is InChI=1S/C13H19O/c1-3-4-6-9-12(2)14-13-10-7-5-8-11-13/h5,7-8,10-12H,2-4,6,9H2,1H3. The van der Waals surface area contributed by atoms with E-state index in [4.69, 9.17) is 4.74 Å². The third-order valence-electron chi connectivity index (χ3n) is 2.18. The van der Waals surface area contributed by atoms with E-state index in [0.29, 0.717) is 0 Å². The van der Waals surface area contributed by atoms with E-state index in [-0.39, 0.29) is 6.10 Å². The fraction of sp³-hybridized carbons (Fsp3) is 0.462. The summed E-state index contributed by atoms with van der Waals surface area (Å²) in [7, 11) is 0. The first kappa shape index (κ1) is 11.1. The summed E-state index contributed by atoms with van der Waals surface area (Å²) in [6, 6.07) is 9.89. The highest BCUT2D eigenvalue weighted by molar-refractivity contribution is 5.21. The molecule has 1 aromatic rings. The molecule has 0 N–H and O–H groups in total. The summed E-state index contributed by atoms with van der Waals surface area (Å²) in [5, 5.41) is 0. The van der Waals surface area contributed by atoms with E-state index in [1.165, 1.54) is 19.3 Å². The van der Waals surface area contributed by atoms with Gasteiger partial charge in [-0.1, -0.05) is 38.0 Å². The molecular formula is C13H19O. The Labute approximate surface area is 87.1 Å². The van der Waals surface area contributed by atoms with Crippen molar-refractivity contribution in [3.8, 4) is 5.75 Å². The van der Waals surface area contributed by atoms with Crippen molar-refractivity contribution in [3.05, 3.63) is 37.3 Å². The quantitative estimate of drug-likeness (QED) is 0.621. The van der Waals surface area contributed by atoms with E-state index in [2.05, 4.69) is 13.8 Å². The number of hydrogen-bond acceptors (Lipinski definition) is 1. The molecule has 14 heavy (non-hydrogen) atoms. The van der Waals surface area contributed by atoms with E-state index in [1.54, 1.807) is 0 Å². The zero-order valence-corrected chi connectivity index (χ0v) is 8.91. The second-order valence-electron chi connectivity index (χ2n) is 3.55. The highest BCUT2D eigenvalue weighted by Gasteiger charge is 2.02. The molecule has 1 aromatic carbocycles. The van der Waals surface area contributed by atoms with Crippen LogP contribution in [0.25, 0.3) is 0 Å². The van der Waals surface area contributed by atoms with E-state index >= 15 is 0 Å².